The van der Waals surface area contributed by atoms with Crippen molar-refractivity contribution in [2.45, 2.75) is 31.7 Å². The van der Waals surface area contributed by atoms with Gasteiger partial charge >= 0.3 is 0 Å². The predicted octanol–water partition coefficient (Wildman–Crippen LogP) is 1.11. The Hall–Kier alpha value is -1.51. The zero-order chi connectivity index (χ0) is 15.6. The zero-order valence-corrected chi connectivity index (χ0v) is 12.8. The normalized spacial score (nSPS) is 23.9. The van der Waals surface area contributed by atoms with Crippen molar-refractivity contribution in [3.05, 3.63) is 39.9 Å². The maximum absolute atomic E-state index is 12.5. The molecule has 0 aliphatic carbocycles. The number of rotatable bonds is 4. The lowest BCUT2D eigenvalue weighted by atomic mass is 10.1. The molecule has 1 fully saturated rings. The number of benzene rings is 1. The maximum Gasteiger partial charge on any atom is 0.269 e. The Bertz CT molecular complexity index is 615. The van der Waals surface area contributed by atoms with Crippen molar-refractivity contribution >= 4 is 15.7 Å². The molecule has 0 saturated carbocycles. The minimum Gasteiger partial charge on any atom is -0.311 e. The largest absolute Gasteiger partial charge is 0.311 e. The van der Waals surface area contributed by atoms with E-state index in [4.69, 9.17) is 0 Å². The van der Waals surface area contributed by atoms with Crippen molar-refractivity contribution in [3.63, 3.8) is 0 Å². The number of sulfonamides is 1. The van der Waals surface area contributed by atoms with Crippen molar-refractivity contribution in [2.75, 3.05) is 13.1 Å². The van der Waals surface area contributed by atoms with Gasteiger partial charge in [-0.1, -0.05) is 12.1 Å². The van der Waals surface area contributed by atoms with Crippen molar-refractivity contribution in [1.29, 1.82) is 0 Å². The lowest BCUT2D eigenvalue weighted by molar-refractivity contribution is -0.384. The fourth-order valence-corrected chi connectivity index (χ4v) is 4.26. The van der Waals surface area contributed by atoms with E-state index in [0.29, 0.717) is 18.7 Å². The first-order valence-electron chi connectivity index (χ1n) is 6.77. The highest BCUT2D eigenvalue weighted by atomic mass is 32.2. The van der Waals surface area contributed by atoms with Gasteiger partial charge < -0.3 is 5.32 Å². The zero-order valence-electron chi connectivity index (χ0n) is 12.0. The molecule has 0 spiro atoms. The summed E-state index contributed by atoms with van der Waals surface area (Å²) in [5.74, 6) is -0.137. The molecule has 7 nitrogen and oxygen atoms in total. The maximum atomic E-state index is 12.5. The fraction of sp³-hybridized carbons (Fsp3) is 0.538. The topological polar surface area (TPSA) is 92.6 Å². The molecule has 2 rings (SSSR count). The van der Waals surface area contributed by atoms with Crippen molar-refractivity contribution in [2.24, 2.45) is 0 Å². The van der Waals surface area contributed by atoms with Crippen LogP contribution in [0.15, 0.2) is 24.3 Å². The van der Waals surface area contributed by atoms with Gasteiger partial charge in [-0.05, 0) is 19.4 Å². The van der Waals surface area contributed by atoms with Crippen LogP contribution in [0.5, 0.6) is 0 Å². The van der Waals surface area contributed by atoms with Crippen LogP contribution in [-0.2, 0) is 15.8 Å². The summed E-state index contributed by atoms with van der Waals surface area (Å²) in [5, 5.41) is 13.8. The Morgan fingerprint density at radius 1 is 1.33 bits per heavy atom. The molecule has 1 aromatic carbocycles. The second-order valence-corrected chi connectivity index (χ2v) is 7.20. The van der Waals surface area contributed by atoms with Gasteiger partial charge in [-0.15, -0.1) is 0 Å². The molecule has 2 atom stereocenters. The highest BCUT2D eigenvalue weighted by Gasteiger charge is 2.33. The predicted molar refractivity (Wildman–Crippen MR) is 79.4 cm³/mol. The SMILES string of the molecule is CC1NCCN(S(=O)(=O)Cc2ccc([N+](=O)[O-])cc2)C1C. The molecule has 116 valence electrons. The molecule has 21 heavy (non-hydrogen) atoms. The van der Waals surface area contributed by atoms with E-state index in [-0.39, 0.29) is 23.5 Å². The summed E-state index contributed by atoms with van der Waals surface area (Å²) in [7, 11) is -3.43. The number of nitro benzene ring substituents is 1. The summed E-state index contributed by atoms with van der Waals surface area (Å²) in [6.45, 7) is 4.91. The molecule has 1 aliphatic rings. The van der Waals surface area contributed by atoms with Crippen molar-refractivity contribution in [3.8, 4) is 0 Å². The first kappa shape index (κ1) is 15.9. The first-order chi connectivity index (χ1) is 9.81. The van der Waals surface area contributed by atoms with Crippen LogP contribution in [0.2, 0.25) is 0 Å². The van der Waals surface area contributed by atoms with Gasteiger partial charge in [-0.3, -0.25) is 10.1 Å². The Labute approximate surface area is 124 Å². The molecular formula is C13H19N3O4S. The van der Waals surface area contributed by atoms with Crippen LogP contribution in [0, 0.1) is 10.1 Å². The van der Waals surface area contributed by atoms with E-state index < -0.39 is 14.9 Å². The fourth-order valence-electron chi connectivity index (χ4n) is 2.43. The Morgan fingerprint density at radius 3 is 2.52 bits per heavy atom. The number of hydrogen-bond acceptors (Lipinski definition) is 5. The summed E-state index contributed by atoms with van der Waals surface area (Å²) in [6, 6.07) is 5.63. The smallest absolute Gasteiger partial charge is 0.269 e. The number of piperazine rings is 1. The third kappa shape index (κ3) is 3.58. The summed E-state index contributed by atoms with van der Waals surface area (Å²) in [6.07, 6.45) is 0. The second-order valence-electron chi connectivity index (χ2n) is 5.27. The Morgan fingerprint density at radius 2 is 1.95 bits per heavy atom. The van der Waals surface area contributed by atoms with Crippen LogP contribution in [0.4, 0.5) is 5.69 Å². The van der Waals surface area contributed by atoms with Crippen LogP contribution in [0.25, 0.3) is 0 Å². The molecule has 0 amide bonds. The number of nitrogens with zero attached hydrogens (tertiary/aromatic N) is 2. The Balaban J connectivity index is 2.15. The van der Waals surface area contributed by atoms with E-state index in [9.17, 15) is 18.5 Å². The molecule has 1 aromatic rings. The molecule has 8 heteroatoms. The van der Waals surface area contributed by atoms with Crippen molar-refractivity contribution in [1.82, 2.24) is 9.62 Å². The number of non-ortho nitro benzene ring substituents is 1. The lowest BCUT2D eigenvalue weighted by Gasteiger charge is -2.37. The standard InChI is InChI=1S/C13H19N3O4S/c1-10-11(2)15(8-7-14-10)21(19,20)9-12-3-5-13(6-4-12)16(17)18/h3-6,10-11,14H,7-9H2,1-2H3. The minimum atomic E-state index is -3.43. The number of hydrogen-bond donors (Lipinski definition) is 1. The molecule has 0 radical (unpaired) electrons. The average Bonchev–Trinajstić information content (AvgIpc) is 2.41. The van der Waals surface area contributed by atoms with E-state index >= 15 is 0 Å². The van der Waals surface area contributed by atoms with E-state index in [2.05, 4.69) is 5.32 Å². The van der Waals surface area contributed by atoms with Gasteiger partial charge in [0.2, 0.25) is 10.0 Å². The summed E-state index contributed by atoms with van der Waals surface area (Å²) < 4.78 is 26.5. The Kier molecular flexibility index (Phi) is 4.60. The minimum absolute atomic E-state index is 0.0414. The third-order valence-electron chi connectivity index (χ3n) is 3.83. The van der Waals surface area contributed by atoms with E-state index in [1.54, 1.807) is 0 Å². The monoisotopic (exact) mass is 313 g/mol. The first-order valence-corrected chi connectivity index (χ1v) is 8.38. The number of nitrogens with one attached hydrogen (secondary N) is 1. The second kappa shape index (κ2) is 6.08. The van der Waals surface area contributed by atoms with E-state index in [1.807, 2.05) is 13.8 Å². The van der Waals surface area contributed by atoms with Gasteiger partial charge in [0.25, 0.3) is 5.69 Å². The molecule has 1 aliphatic heterocycles. The van der Waals surface area contributed by atoms with Gasteiger partial charge in [0.15, 0.2) is 0 Å². The van der Waals surface area contributed by atoms with Crippen LogP contribution >= 0.6 is 0 Å². The quantitative estimate of drug-likeness (QED) is 0.664. The molecular weight excluding hydrogens is 294 g/mol. The molecule has 0 aromatic heterocycles. The van der Waals surface area contributed by atoms with Crippen LogP contribution in [0.1, 0.15) is 19.4 Å². The van der Waals surface area contributed by atoms with Gasteiger partial charge in [-0.25, -0.2) is 8.42 Å². The molecule has 2 unspecified atom stereocenters. The third-order valence-corrected chi connectivity index (χ3v) is 5.76. The van der Waals surface area contributed by atoms with Gasteiger partial charge in [0.05, 0.1) is 10.7 Å². The van der Waals surface area contributed by atoms with Crippen LogP contribution < -0.4 is 5.32 Å². The molecule has 0 bridgehead atoms. The molecule has 1 saturated heterocycles. The average molecular weight is 313 g/mol. The van der Waals surface area contributed by atoms with Gasteiger partial charge in [-0.2, -0.15) is 4.31 Å². The van der Waals surface area contributed by atoms with Crippen LogP contribution in [0.3, 0.4) is 0 Å². The van der Waals surface area contributed by atoms with Crippen molar-refractivity contribution < 1.29 is 13.3 Å². The van der Waals surface area contributed by atoms with Gasteiger partial charge in [0, 0.05) is 37.3 Å². The number of nitro groups is 1. The van der Waals surface area contributed by atoms with Gasteiger partial charge in [0.1, 0.15) is 0 Å². The summed E-state index contributed by atoms with van der Waals surface area (Å²) in [4.78, 5) is 10.1. The highest BCUT2D eigenvalue weighted by molar-refractivity contribution is 7.88. The van der Waals surface area contributed by atoms with E-state index in [0.717, 1.165) is 0 Å². The molecule has 1 N–H and O–H groups in total. The summed E-state index contributed by atoms with van der Waals surface area (Å²) in [5.41, 5.74) is 0.513. The van der Waals surface area contributed by atoms with Crippen LogP contribution in [-0.4, -0.2) is 42.8 Å². The van der Waals surface area contributed by atoms with E-state index in [1.165, 1.54) is 28.6 Å². The molecule has 1 heterocycles. The highest BCUT2D eigenvalue weighted by Crippen LogP contribution is 2.19. The lowest BCUT2D eigenvalue weighted by Crippen LogP contribution is -2.57. The summed E-state index contributed by atoms with van der Waals surface area (Å²) >= 11 is 0.